The van der Waals surface area contributed by atoms with Crippen LogP contribution in [0, 0.1) is 0 Å². The Balaban J connectivity index is 2.18. The number of anilines is 1. The molecule has 0 unspecified atom stereocenters. The summed E-state index contributed by atoms with van der Waals surface area (Å²) in [7, 11) is 3.15. The van der Waals surface area contributed by atoms with Gasteiger partial charge in [0.2, 0.25) is 0 Å². The normalized spacial score (nSPS) is 10.6. The first-order valence-corrected chi connectivity index (χ1v) is 6.69. The average Bonchev–Trinajstić information content (AvgIpc) is 2.51. The van der Waals surface area contributed by atoms with Crippen molar-refractivity contribution >= 4 is 27.8 Å². The predicted molar refractivity (Wildman–Crippen MR) is 83.3 cm³/mol. The molecule has 0 fully saturated rings. The van der Waals surface area contributed by atoms with Crippen molar-refractivity contribution in [3.05, 3.63) is 44.8 Å². The zero-order valence-electron chi connectivity index (χ0n) is 11.4. The van der Waals surface area contributed by atoms with Crippen molar-refractivity contribution in [1.82, 2.24) is 10.2 Å². The minimum absolute atomic E-state index is 0.330. The van der Waals surface area contributed by atoms with Crippen molar-refractivity contribution < 1.29 is 9.47 Å². The van der Waals surface area contributed by atoms with Crippen molar-refractivity contribution in [2.24, 2.45) is 5.10 Å². The lowest BCUT2D eigenvalue weighted by Crippen LogP contribution is -2.10. The molecular weight excluding hydrogens is 340 g/mol. The van der Waals surface area contributed by atoms with Crippen LogP contribution in [-0.4, -0.2) is 30.6 Å². The first-order valence-electron chi connectivity index (χ1n) is 5.90. The molecule has 0 saturated heterocycles. The highest BCUT2D eigenvalue weighted by molar-refractivity contribution is 9.10. The summed E-state index contributed by atoms with van der Waals surface area (Å²) in [6, 6.07) is 5.37. The first-order chi connectivity index (χ1) is 10.2. The molecule has 0 spiro atoms. The summed E-state index contributed by atoms with van der Waals surface area (Å²) in [6.07, 6.45) is 3.03. The van der Waals surface area contributed by atoms with Gasteiger partial charge in [-0.1, -0.05) is 0 Å². The van der Waals surface area contributed by atoms with Gasteiger partial charge >= 0.3 is 0 Å². The fourth-order valence-corrected chi connectivity index (χ4v) is 1.84. The van der Waals surface area contributed by atoms with Gasteiger partial charge in [-0.3, -0.25) is 10.2 Å². The molecule has 8 heteroatoms. The molecule has 1 aromatic carbocycles. The number of hydrogen-bond acceptors (Lipinski definition) is 6. The second kappa shape index (κ2) is 6.89. The zero-order chi connectivity index (χ0) is 15.2. The quantitative estimate of drug-likeness (QED) is 0.634. The lowest BCUT2D eigenvalue weighted by atomic mass is 10.2. The van der Waals surface area contributed by atoms with Crippen LogP contribution in [0.4, 0.5) is 5.69 Å². The summed E-state index contributed by atoms with van der Waals surface area (Å²) in [6.45, 7) is 0. The fourth-order valence-electron chi connectivity index (χ4n) is 1.56. The van der Waals surface area contributed by atoms with E-state index in [1.54, 1.807) is 32.6 Å². The molecule has 0 aliphatic heterocycles. The number of hydrazone groups is 1. The van der Waals surface area contributed by atoms with E-state index in [1.165, 1.54) is 6.20 Å². The van der Waals surface area contributed by atoms with Crippen LogP contribution in [-0.2, 0) is 0 Å². The van der Waals surface area contributed by atoms with Gasteiger partial charge in [-0.25, -0.2) is 5.10 Å². The molecule has 2 rings (SSSR count). The van der Waals surface area contributed by atoms with E-state index in [0.29, 0.717) is 21.7 Å². The van der Waals surface area contributed by atoms with Gasteiger partial charge < -0.3 is 9.47 Å². The predicted octanol–water partition coefficient (Wildman–Crippen LogP) is 2.00. The molecule has 0 atom stereocenters. The van der Waals surface area contributed by atoms with Crippen molar-refractivity contribution in [3.8, 4) is 11.5 Å². The molecule has 0 radical (unpaired) electrons. The number of nitrogens with one attached hydrogen (secondary N) is 2. The summed E-state index contributed by atoms with van der Waals surface area (Å²) in [5, 5.41) is 10.0. The minimum atomic E-state index is -0.336. The monoisotopic (exact) mass is 352 g/mol. The van der Waals surface area contributed by atoms with E-state index in [4.69, 9.17) is 9.47 Å². The van der Waals surface area contributed by atoms with Crippen LogP contribution in [0.5, 0.6) is 11.5 Å². The van der Waals surface area contributed by atoms with E-state index in [1.807, 2.05) is 6.07 Å². The van der Waals surface area contributed by atoms with Crippen molar-refractivity contribution in [3.63, 3.8) is 0 Å². The molecule has 2 aromatic rings. The number of aromatic amines is 1. The Morgan fingerprint density at radius 1 is 1.38 bits per heavy atom. The summed E-state index contributed by atoms with van der Waals surface area (Å²) in [4.78, 5) is 11.4. The number of nitrogens with zero attached hydrogens (tertiary/aromatic N) is 2. The summed E-state index contributed by atoms with van der Waals surface area (Å²) in [5.41, 5.74) is 3.62. The minimum Gasteiger partial charge on any atom is -0.497 e. The topological polar surface area (TPSA) is 88.6 Å². The van der Waals surface area contributed by atoms with Crippen LogP contribution < -0.4 is 20.5 Å². The lowest BCUT2D eigenvalue weighted by molar-refractivity contribution is 0.394. The van der Waals surface area contributed by atoms with Gasteiger partial charge in [0.05, 0.1) is 32.3 Å². The van der Waals surface area contributed by atoms with Gasteiger partial charge in [0.25, 0.3) is 5.56 Å². The Kier molecular flexibility index (Phi) is 4.94. The molecular formula is C13H13BrN4O3. The van der Waals surface area contributed by atoms with Crippen LogP contribution in [0.15, 0.2) is 38.8 Å². The van der Waals surface area contributed by atoms with Gasteiger partial charge in [0, 0.05) is 11.6 Å². The maximum Gasteiger partial charge on any atom is 0.280 e. The molecule has 21 heavy (non-hydrogen) atoms. The summed E-state index contributed by atoms with van der Waals surface area (Å²) >= 11 is 3.15. The number of rotatable bonds is 5. The number of H-pyrrole nitrogens is 1. The Bertz CT molecular complexity index is 715. The number of benzene rings is 1. The van der Waals surface area contributed by atoms with Crippen molar-refractivity contribution in [2.75, 3.05) is 19.6 Å². The third-order valence-electron chi connectivity index (χ3n) is 2.62. The smallest absolute Gasteiger partial charge is 0.280 e. The second-order valence-corrected chi connectivity index (χ2v) is 4.70. The maximum absolute atomic E-state index is 11.4. The molecule has 0 amide bonds. The fraction of sp³-hybridized carbons (Fsp3) is 0.154. The van der Waals surface area contributed by atoms with Gasteiger partial charge in [-0.15, -0.1) is 0 Å². The van der Waals surface area contributed by atoms with Gasteiger partial charge in [-0.05, 0) is 28.1 Å². The third kappa shape index (κ3) is 3.60. The highest BCUT2D eigenvalue weighted by Crippen LogP contribution is 2.23. The van der Waals surface area contributed by atoms with E-state index < -0.39 is 0 Å². The number of halogens is 1. The van der Waals surface area contributed by atoms with Gasteiger partial charge in [0.1, 0.15) is 16.0 Å². The maximum atomic E-state index is 11.4. The number of aromatic nitrogens is 2. The molecule has 0 aliphatic carbocycles. The highest BCUT2D eigenvalue weighted by atomic mass is 79.9. The summed E-state index contributed by atoms with van der Waals surface area (Å²) < 4.78 is 10.7. The molecule has 1 heterocycles. The van der Waals surface area contributed by atoms with E-state index in [0.717, 1.165) is 5.56 Å². The highest BCUT2D eigenvalue weighted by Gasteiger charge is 2.04. The van der Waals surface area contributed by atoms with Gasteiger partial charge in [-0.2, -0.15) is 10.2 Å². The van der Waals surface area contributed by atoms with E-state index in [9.17, 15) is 4.79 Å². The Labute approximate surface area is 129 Å². The molecule has 110 valence electrons. The standard InChI is InChI=1S/C13H13BrN4O3/c1-20-9-4-3-8(11(5-9)21-2)6-15-17-10-7-16-18-13(19)12(10)14/h3-7H,1-2H3,(H2,17,18,19). The molecule has 0 bridgehead atoms. The van der Waals surface area contributed by atoms with Crippen LogP contribution in [0.3, 0.4) is 0 Å². The zero-order valence-corrected chi connectivity index (χ0v) is 13.0. The van der Waals surface area contributed by atoms with Crippen LogP contribution in [0.25, 0.3) is 0 Å². The van der Waals surface area contributed by atoms with E-state index >= 15 is 0 Å². The van der Waals surface area contributed by atoms with Crippen LogP contribution in [0.2, 0.25) is 0 Å². The second-order valence-electron chi connectivity index (χ2n) is 3.90. The van der Waals surface area contributed by atoms with Crippen LogP contribution >= 0.6 is 15.9 Å². The van der Waals surface area contributed by atoms with Crippen molar-refractivity contribution in [2.45, 2.75) is 0 Å². The first kappa shape index (κ1) is 15.0. The lowest BCUT2D eigenvalue weighted by Gasteiger charge is -2.07. The molecule has 1 aromatic heterocycles. The largest absolute Gasteiger partial charge is 0.497 e. The summed E-state index contributed by atoms with van der Waals surface area (Å²) in [5.74, 6) is 1.32. The number of hydrogen-bond donors (Lipinski definition) is 2. The average molecular weight is 353 g/mol. The molecule has 2 N–H and O–H groups in total. The van der Waals surface area contributed by atoms with Crippen molar-refractivity contribution in [1.29, 1.82) is 0 Å². The Hall–Kier alpha value is -2.35. The molecule has 7 nitrogen and oxygen atoms in total. The Morgan fingerprint density at radius 3 is 2.90 bits per heavy atom. The number of ether oxygens (including phenoxy) is 2. The SMILES string of the molecule is COc1ccc(C=NNc2cn[nH]c(=O)c2Br)c(OC)c1. The van der Waals surface area contributed by atoms with Crippen LogP contribution in [0.1, 0.15) is 5.56 Å². The van der Waals surface area contributed by atoms with Gasteiger partial charge in [0.15, 0.2) is 0 Å². The van der Waals surface area contributed by atoms with E-state index in [2.05, 4.69) is 36.7 Å². The third-order valence-corrected chi connectivity index (χ3v) is 3.41. The molecule has 0 aliphatic rings. The van der Waals surface area contributed by atoms with E-state index in [-0.39, 0.29) is 5.56 Å². The number of methoxy groups -OCH3 is 2. The molecule has 0 saturated carbocycles. The Morgan fingerprint density at radius 2 is 2.19 bits per heavy atom.